The van der Waals surface area contributed by atoms with Gasteiger partial charge in [0.25, 0.3) is 0 Å². The van der Waals surface area contributed by atoms with Crippen molar-refractivity contribution >= 4 is 23.0 Å². The highest BCUT2D eigenvalue weighted by Gasteiger charge is 2.68. The summed E-state index contributed by atoms with van der Waals surface area (Å²) in [6.45, 7) is 12.8. The van der Waals surface area contributed by atoms with E-state index in [0.29, 0.717) is 12.3 Å². The van der Waals surface area contributed by atoms with Crippen molar-refractivity contribution < 1.29 is 23.1 Å². The van der Waals surface area contributed by atoms with Gasteiger partial charge in [0.1, 0.15) is 0 Å². The van der Waals surface area contributed by atoms with Gasteiger partial charge in [-0.25, -0.2) is 4.21 Å². The lowest BCUT2D eigenvalue weighted by Crippen LogP contribution is -2.61. The Morgan fingerprint density at radius 1 is 1.23 bits per heavy atom. The largest absolute Gasteiger partial charge is 0.481 e. The summed E-state index contributed by atoms with van der Waals surface area (Å²) >= 11 is -1.61. The van der Waals surface area contributed by atoms with Crippen LogP contribution in [0.5, 0.6) is 0 Å². The Bertz CT molecular complexity index is 833. The molecule has 168 valence electrons. The molecule has 30 heavy (non-hydrogen) atoms. The van der Waals surface area contributed by atoms with Crippen LogP contribution >= 0.6 is 0 Å². The predicted molar refractivity (Wildman–Crippen MR) is 116 cm³/mol. The first-order valence-electron chi connectivity index (χ1n) is 11.5. The molecule has 3 fully saturated rings. The standard InChI is InChI=1S/C24H36O5S/c1-13(2)16-12-24(18-19(14(16)3)30(28)29-20(18)25)11-8-17-22(5,15(24)4)9-7-10-23(17,6)21(26)27/h12-15,17-19H,7-11H2,1-6H3,(H,26,27). The molecule has 3 aliphatic carbocycles. The van der Waals surface area contributed by atoms with Gasteiger partial charge in [-0.2, -0.15) is 0 Å². The van der Waals surface area contributed by atoms with E-state index in [9.17, 15) is 18.9 Å². The van der Waals surface area contributed by atoms with Crippen LogP contribution in [-0.2, 0) is 24.9 Å². The van der Waals surface area contributed by atoms with E-state index in [1.165, 1.54) is 5.57 Å². The topological polar surface area (TPSA) is 80.7 Å². The summed E-state index contributed by atoms with van der Waals surface area (Å²) in [7, 11) is 0. The number of carbonyl (C=O) groups excluding carboxylic acids is 1. The Balaban J connectivity index is 1.87. The number of carboxylic acid groups (broad SMARTS) is 1. The van der Waals surface area contributed by atoms with E-state index in [4.69, 9.17) is 4.18 Å². The number of carbonyl (C=O) groups is 2. The van der Waals surface area contributed by atoms with Crippen LogP contribution in [0.15, 0.2) is 11.6 Å². The third-order valence-corrected chi connectivity index (χ3v) is 11.2. The quantitative estimate of drug-likeness (QED) is 0.633. The van der Waals surface area contributed by atoms with Crippen molar-refractivity contribution in [2.24, 2.45) is 45.8 Å². The lowest BCUT2D eigenvalue weighted by molar-refractivity contribution is -0.179. The molecule has 6 heteroatoms. The first kappa shape index (κ1) is 22.0. The van der Waals surface area contributed by atoms with Crippen molar-refractivity contribution in [3.63, 3.8) is 0 Å². The van der Waals surface area contributed by atoms with Crippen molar-refractivity contribution in [3.05, 3.63) is 11.6 Å². The minimum atomic E-state index is -1.61. The molecule has 1 heterocycles. The SMILES string of the molecule is CC(C)C1=CC2(CCC3C(C)(C(=O)O)CCCC3(C)C2C)C2C(=O)OS(=O)C2C1C. The van der Waals surface area contributed by atoms with Crippen LogP contribution in [0.2, 0.25) is 0 Å². The molecule has 0 amide bonds. The lowest BCUT2D eigenvalue weighted by Gasteiger charge is -2.63. The third-order valence-electron chi connectivity index (χ3n) is 9.80. The van der Waals surface area contributed by atoms with Gasteiger partial charge >= 0.3 is 11.9 Å². The fourth-order valence-corrected chi connectivity index (χ4v) is 9.46. The van der Waals surface area contributed by atoms with Crippen LogP contribution in [0.3, 0.4) is 0 Å². The molecule has 5 nitrogen and oxygen atoms in total. The number of fused-ring (bicyclic) bond motifs is 3. The van der Waals surface area contributed by atoms with Crippen LogP contribution in [0, 0.1) is 45.8 Å². The molecular formula is C24H36O5S. The molecule has 2 saturated carbocycles. The fourth-order valence-electron chi connectivity index (χ4n) is 8.01. The summed E-state index contributed by atoms with van der Waals surface area (Å²) in [5, 5.41) is 9.78. The zero-order chi connectivity index (χ0) is 22.2. The highest BCUT2D eigenvalue weighted by atomic mass is 32.2. The van der Waals surface area contributed by atoms with Crippen LogP contribution < -0.4 is 0 Å². The van der Waals surface area contributed by atoms with E-state index >= 15 is 0 Å². The Morgan fingerprint density at radius 2 is 1.90 bits per heavy atom. The van der Waals surface area contributed by atoms with Gasteiger partial charge in [0, 0.05) is 5.41 Å². The molecule has 0 aromatic rings. The minimum Gasteiger partial charge on any atom is -0.481 e. The molecule has 1 N–H and O–H groups in total. The van der Waals surface area contributed by atoms with Gasteiger partial charge in [-0.3, -0.25) is 9.59 Å². The predicted octanol–water partition coefficient (Wildman–Crippen LogP) is 4.74. The number of hydrogen-bond acceptors (Lipinski definition) is 4. The molecular weight excluding hydrogens is 400 g/mol. The van der Waals surface area contributed by atoms with E-state index < -0.39 is 33.8 Å². The molecule has 9 atom stereocenters. The number of rotatable bonds is 2. The highest BCUT2D eigenvalue weighted by molar-refractivity contribution is 7.81. The van der Waals surface area contributed by atoms with Gasteiger partial charge in [0.05, 0.1) is 16.6 Å². The smallest absolute Gasteiger partial charge is 0.325 e. The fraction of sp³-hybridized carbons (Fsp3) is 0.833. The average molecular weight is 437 g/mol. The van der Waals surface area contributed by atoms with Crippen LogP contribution in [0.4, 0.5) is 0 Å². The van der Waals surface area contributed by atoms with Crippen LogP contribution in [-0.4, -0.2) is 26.5 Å². The van der Waals surface area contributed by atoms with E-state index in [1.807, 2.05) is 6.92 Å². The Morgan fingerprint density at radius 3 is 2.50 bits per heavy atom. The summed E-state index contributed by atoms with van der Waals surface area (Å²) in [5.74, 6) is -0.888. The third kappa shape index (κ3) is 2.67. The first-order valence-corrected chi connectivity index (χ1v) is 12.6. The zero-order valence-electron chi connectivity index (χ0n) is 19.1. The second kappa shape index (κ2) is 6.91. The maximum Gasteiger partial charge on any atom is 0.325 e. The van der Waals surface area contributed by atoms with E-state index in [2.05, 4.69) is 40.7 Å². The summed E-state index contributed by atoms with van der Waals surface area (Å²) in [6.07, 6.45) is 6.46. The van der Waals surface area contributed by atoms with Crippen molar-refractivity contribution in [2.75, 3.05) is 0 Å². The molecule has 0 bridgehead atoms. The van der Waals surface area contributed by atoms with E-state index in [0.717, 1.165) is 25.7 Å². The van der Waals surface area contributed by atoms with Gasteiger partial charge in [-0.1, -0.05) is 52.7 Å². The van der Waals surface area contributed by atoms with E-state index in [-0.39, 0.29) is 34.4 Å². The van der Waals surface area contributed by atoms with Gasteiger partial charge in [-0.15, -0.1) is 0 Å². The second-order valence-corrected chi connectivity index (χ2v) is 12.4. The van der Waals surface area contributed by atoms with E-state index in [1.54, 1.807) is 0 Å². The van der Waals surface area contributed by atoms with Crippen molar-refractivity contribution in [2.45, 2.75) is 78.9 Å². The van der Waals surface area contributed by atoms with Crippen LogP contribution in [0.25, 0.3) is 0 Å². The van der Waals surface area contributed by atoms with Crippen molar-refractivity contribution in [1.82, 2.24) is 0 Å². The molecule has 0 radical (unpaired) electrons. The number of aliphatic carboxylic acids is 1. The number of carboxylic acids is 1. The molecule has 4 rings (SSSR count). The maximum atomic E-state index is 13.0. The maximum absolute atomic E-state index is 13.0. The molecule has 9 unspecified atom stereocenters. The van der Waals surface area contributed by atoms with Gasteiger partial charge in [0.2, 0.25) is 11.1 Å². The Kier molecular flexibility index (Phi) is 5.08. The normalized spacial score (nSPS) is 50.6. The number of hydrogen-bond donors (Lipinski definition) is 1. The van der Waals surface area contributed by atoms with Gasteiger partial charge in [-0.05, 0) is 61.7 Å². The van der Waals surface area contributed by atoms with Gasteiger partial charge in [0.15, 0.2) is 0 Å². The number of allylic oxidation sites excluding steroid dienone is 2. The van der Waals surface area contributed by atoms with Crippen molar-refractivity contribution in [1.29, 1.82) is 0 Å². The summed E-state index contributed by atoms with van der Waals surface area (Å²) in [4.78, 5) is 25.3. The minimum absolute atomic E-state index is 0.0429. The summed E-state index contributed by atoms with van der Waals surface area (Å²) in [6, 6.07) is 0. The second-order valence-electron chi connectivity index (χ2n) is 11.2. The molecule has 1 spiro atoms. The molecule has 0 aromatic carbocycles. The lowest BCUT2D eigenvalue weighted by atomic mass is 9.40. The molecule has 4 aliphatic rings. The summed E-state index contributed by atoms with van der Waals surface area (Å²) < 4.78 is 18.2. The van der Waals surface area contributed by atoms with Crippen LogP contribution in [0.1, 0.15) is 73.6 Å². The molecule has 1 aliphatic heterocycles. The van der Waals surface area contributed by atoms with Gasteiger partial charge < -0.3 is 9.29 Å². The first-order chi connectivity index (χ1) is 13.9. The Labute approximate surface area is 182 Å². The molecule has 1 saturated heterocycles. The summed E-state index contributed by atoms with van der Waals surface area (Å²) in [5.41, 5.74) is -0.0540. The average Bonchev–Trinajstić information content (AvgIpc) is 2.96. The Hall–Kier alpha value is -1.17. The monoisotopic (exact) mass is 436 g/mol. The molecule has 0 aromatic heterocycles. The highest BCUT2D eigenvalue weighted by Crippen LogP contribution is 2.69. The van der Waals surface area contributed by atoms with Crippen molar-refractivity contribution in [3.8, 4) is 0 Å². The zero-order valence-corrected chi connectivity index (χ0v) is 19.9.